The van der Waals surface area contributed by atoms with E-state index in [4.69, 9.17) is 18.5 Å². The summed E-state index contributed by atoms with van der Waals surface area (Å²) in [6.45, 7) is 3.96. The van der Waals surface area contributed by atoms with Crippen LogP contribution in [0.2, 0.25) is 0 Å². The summed E-state index contributed by atoms with van der Waals surface area (Å²) < 4.78 is 34.2. The average Bonchev–Trinajstić information content (AvgIpc) is 3.38. The molecule has 0 aliphatic rings. The summed E-state index contributed by atoms with van der Waals surface area (Å²) in [6.07, 6.45) is 81.7. The molecule has 0 spiro atoms. The predicted molar refractivity (Wildman–Crippen MR) is 323 cm³/mol. The molecule has 2 unspecified atom stereocenters. The molecule has 0 aliphatic carbocycles. The number of rotatable bonds is 52. The van der Waals surface area contributed by atoms with E-state index >= 15 is 0 Å². The smallest absolute Gasteiger partial charge is 0.306 e. The number of ether oxygens (including phenoxy) is 2. The molecule has 0 heterocycles. The number of carbonyl (C=O) groups excluding carboxylic acids is 2. The van der Waals surface area contributed by atoms with E-state index in [1.807, 2.05) is 21.1 Å². The number of hydrogen-bond donors (Lipinski definition) is 0. The van der Waals surface area contributed by atoms with Crippen molar-refractivity contribution in [3.8, 4) is 0 Å². The number of hydrogen-bond acceptors (Lipinski definition) is 8. The number of unbranched alkanes of at least 4 members (excludes halogenated alkanes) is 14. The Morgan fingerprint density at radius 3 is 1.05 bits per heavy atom. The lowest BCUT2D eigenvalue weighted by atomic mass is 10.1. The molecule has 0 aromatic rings. The van der Waals surface area contributed by atoms with Crippen LogP contribution in [0.25, 0.3) is 0 Å². The van der Waals surface area contributed by atoms with Crippen molar-refractivity contribution in [2.45, 2.75) is 213 Å². The average molecular weight is 1070 g/mol. The highest BCUT2D eigenvalue weighted by Crippen LogP contribution is 2.38. The van der Waals surface area contributed by atoms with E-state index < -0.39 is 32.5 Å². The van der Waals surface area contributed by atoms with Crippen LogP contribution in [0.3, 0.4) is 0 Å². The Balaban J connectivity index is 4.27. The van der Waals surface area contributed by atoms with Crippen molar-refractivity contribution >= 4 is 19.8 Å². The summed E-state index contributed by atoms with van der Waals surface area (Å²) in [5.41, 5.74) is 0. The first-order valence-corrected chi connectivity index (χ1v) is 31.0. The minimum Gasteiger partial charge on any atom is -0.756 e. The zero-order valence-electron chi connectivity index (χ0n) is 48.6. The molecule has 0 saturated carbocycles. The number of phosphoric acid groups is 1. The van der Waals surface area contributed by atoms with Gasteiger partial charge in [-0.25, -0.2) is 0 Å². The highest BCUT2D eigenvalue weighted by molar-refractivity contribution is 7.45. The highest BCUT2D eigenvalue weighted by Gasteiger charge is 2.21. The van der Waals surface area contributed by atoms with Gasteiger partial charge in [0.15, 0.2) is 6.10 Å². The van der Waals surface area contributed by atoms with Crippen LogP contribution in [-0.2, 0) is 32.7 Å². The van der Waals surface area contributed by atoms with Crippen molar-refractivity contribution in [3.05, 3.63) is 146 Å². The number of carbonyl (C=O) groups is 2. The topological polar surface area (TPSA) is 111 Å². The Kier molecular flexibility index (Phi) is 52.6. The van der Waals surface area contributed by atoms with Crippen LogP contribution in [0.4, 0.5) is 0 Å². The van der Waals surface area contributed by atoms with Crippen LogP contribution in [0, 0.1) is 0 Å². The zero-order chi connectivity index (χ0) is 55.6. The minimum absolute atomic E-state index is 0.0441. The minimum atomic E-state index is -4.66. The van der Waals surface area contributed by atoms with E-state index in [0.717, 1.165) is 141 Å². The number of quaternary nitrogens is 1. The molecule has 0 fully saturated rings. The van der Waals surface area contributed by atoms with Gasteiger partial charge < -0.3 is 27.9 Å². The first-order valence-electron chi connectivity index (χ1n) is 29.5. The van der Waals surface area contributed by atoms with Crippen molar-refractivity contribution in [2.75, 3.05) is 47.5 Å². The van der Waals surface area contributed by atoms with Gasteiger partial charge in [-0.2, -0.15) is 0 Å². The maximum Gasteiger partial charge on any atom is 0.306 e. The molecule has 0 amide bonds. The van der Waals surface area contributed by atoms with Crippen molar-refractivity contribution in [3.63, 3.8) is 0 Å². The Bertz CT molecular complexity index is 1790. The van der Waals surface area contributed by atoms with Gasteiger partial charge in [0, 0.05) is 12.8 Å². The molecular formula is C66H108NO8P. The summed E-state index contributed by atoms with van der Waals surface area (Å²) >= 11 is 0. The van der Waals surface area contributed by atoms with Gasteiger partial charge in [0.05, 0.1) is 27.7 Å². The van der Waals surface area contributed by atoms with Crippen LogP contribution in [0.15, 0.2) is 146 Å². The Morgan fingerprint density at radius 1 is 0.408 bits per heavy atom. The largest absolute Gasteiger partial charge is 0.756 e. The second kappa shape index (κ2) is 55.6. The third-order valence-electron chi connectivity index (χ3n) is 11.9. The van der Waals surface area contributed by atoms with Gasteiger partial charge in [0.2, 0.25) is 0 Å². The predicted octanol–water partition coefficient (Wildman–Crippen LogP) is 18.1. The summed E-state index contributed by atoms with van der Waals surface area (Å²) in [5.74, 6) is -0.872. The number of allylic oxidation sites excluding steroid dienone is 24. The van der Waals surface area contributed by atoms with Crippen LogP contribution < -0.4 is 4.89 Å². The van der Waals surface area contributed by atoms with Crippen LogP contribution >= 0.6 is 7.82 Å². The first kappa shape index (κ1) is 71.9. The molecule has 0 radical (unpaired) electrons. The standard InChI is InChI=1S/C66H108NO8P/c1-6-8-10-12-14-16-18-20-22-24-26-28-30-32-33-35-37-39-41-43-45-47-49-51-53-55-57-59-66(69)75-64(63-74-76(70,71)73-61-60-67(3,4)5)62-72-65(68)58-56-54-52-50-48-46-44-42-40-38-36-34-31-29-27-25-23-21-19-17-15-13-11-9-7-2/h8-11,14-17,20-23,26-29,32-34,36-37,39-40,42,64H,6-7,12-13,18-19,24-25,30-31,35,38,41,43-63H2,1-5H3/b10-8-,11-9-,16-14-,17-15-,22-20-,23-21-,28-26-,29-27-,33-32-,36-34-,39-37-,42-40-. The molecule has 0 bridgehead atoms. The molecular weight excluding hydrogens is 966 g/mol. The van der Waals surface area contributed by atoms with Gasteiger partial charge in [-0.1, -0.05) is 224 Å². The fourth-order valence-electron chi connectivity index (χ4n) is 7.37. The van der Waals surface area contributed by atoms with Gasteiger partial charge >= 0.3 is 11.9 Å². The molecule has 0 saturated heterocycles. The molecule has 9 nitrogen and oxygen atoms in total. The van der Waals surface area contributed by atoms with E-state index in [-0.39, 0.29) is 26.1 Å². The Morgan fingerprint density at radius 2 is 0.711 bits per heavy atom. The molecule has 0 aromatic heterocycles. The number of esters is 2. The summed E-state index contributed by atoms with van der Waals surface area (Å²) in [4.78, 5) is 37.9. The van der Waals surface area contributed by atoms with E-state index in [1.54, 1.807) is 0 Å². The van der Waals surface area contributed by atoms with Gasteiger partial charge in [-0.05, 0) is 116 Å². The fourth-order valence-corrected chi connectivity index (χ4v) is 8.10. The summed E-state index contributed by atoms with van der Waals surface area (Å²) in [6, 6.07) is 0. The molecule has 0 aliphatic heterocycles. The van der Waals surface area contributed by atoms with Crippen LogP contribution in [0.1, 0.15) is 206 Å². The lowest BCUT2D eigenvalue weighted by Gasteiger charge is -2.28. The molecule has 430 valence electrons. The van der Waals surface area contributed by atoms with Crippen LogP contribution in [-0.4, -0.2) is 70.0 Å². The third kappa shape index (κ3) is 59.1. The van der Waals surface area contributed by atoms with Crippen molar-refractivity contribution in [2.24, 2.45) is 0 Å². The molecule has 0 aromatic carbocycles. The third-order valence-corrected chi connectivity index (χ3v) is 12.8. The molecule has 0 N–H and O–H groups in total. The van der Waals surface area contributed by atoms with Gasteiger partial charge in [-0.15, -0.1) is 0 Å². The van der Waals surface area contributed by atoms with E-state index in [0.29, 0.717) is 23.9 Å². The maximum atomic E-state index is 12.8. The Hall–Kier alpha value is -4.11. The first-order chi connectivity index (χ1) is 37.0. The lowest BCUT2D eigenvalue weighted by Crippen LogP contribution is -2.37. The van der Waals surface area contributed by atoms with Gasteiger partial charge in [-0.3, -0.25) is 14.2 Å². The van der Waals surface area contributed by atoms with Crippen molar-refractivity contribution < 1.29 is 42.1 Å². The SMILES string of the molecule is CC/C=C\C/C=C\C/C=C\C/C=C\C/C=C\C/C=C\CCCCCCCCCCC(=O)OC(COC(=O)CCCCCCCC/C=C\C/C=C\C/C=C\C/C=C\C/C=C\C/C=C\CC)COP(=O)([O-])OCC[N+](C)(C)C. The summed E-state index contributed by atoms with van der Waals surface area (Å²) in [5, 5.41) is 0. The second-order valence-corrected chi connectivity index (χ2v) is 21.7. The number of nitrogens with zero attached hydrogens (tertiary/aromatic N) is 1. The number of likely N-dealkylation sites (N-methyl/N-ethyl adjacent to an activating group) is 1. The van der Waals surface area contributed by atoms with Crippen LogP contribution in [0.5, 0.6) is 0 Å². The second-order valence-electron chi connectivity index (χ2n) is 20.2. The van der Waals surface area contributed by atoms with Gasteiger partial charge in [0.25, 0.3) is 7.82 Å². The van der Waals surface area contributed by atoms with E-state index in [1.165, 1.54) is 25.7 Å². The Labute approximate surface area is 465 Å². The quantitative estimate of drug-likeness (QED) is 0.0195. The van der Waals surface area contributed by atoms with Gasteiger partial charge in [0.1, 0.15) is 19.8 Å². The normalized spacial score (nSPS) is 14.3. The number of phosphoric ester groups is 1. The monoisotopic (exact) mass is 1070 g/mol. The summed E-state index contributed by atoms with van der Waals surface area (Å²) in [7, 11) is 1.13. The van der Waals surface area contributed by atoms with E-state index in [2.05, 4.69) is 160 Å². The molecule has 10 heteroatoms. The van der Waals surface area contributed by atoms with Crippen molar-refractivity contribution in [1.82, 2.24) is 0 Å². The highest BCUT2D eigenvalue weighted by atomic mass is 31.2. The zero-order valence-corrected chi connectivity index (χ0v) is 49.5. The molecule has 76 heavy (non-hydrogen) atoms. The van der Waals surface area contributed by atoms with Crippen molar-refractivity contribution in [1.29, 1.82) is 0 Å². The maximum absolute atomic E-state index is 12.8. The molecule has 2 atom stereocenters. The fraction of sp³-hybridized carbons (Fsp3) is 0.606. The molecule has 0 rings (SSSR count). The lowest BCUT2D eigenvalue weighted by molar-refractivity contribution is -0.870. The van der Waals surface area contributed by atoms with E-state index in [9.17, 15) is 19.0 Å².